The predicted octanol–water partition coefficient (Wildman–Crippen LogP) is 5.11. The number of alkyl halides is 3. The summed E-state index contributed by atoms with van der Waals surface area (Å²) in [4.78, 5) is 12.3. The highest BCUT2D eigenvalue weighted by atomic mass is 35.5. The minimum atomic E-state index is -4.62. The molecule has 1 N–H and O–H groups in total. The number of nitrogens with zero attached hydrogens (tertiary/aromatic N) is 2. The van der Waals surface area contributed by atoms with Crippen molar-refractivity contribution in [2.75, 3.05) is 5.32 Å². The Morgan fingerprint density at radius 2 is 1.77 bits per heavy atom. The molecule has 0 aliphatic carbocycles. The van der Waals surface area contributed by atoms with E-state index in [0.29, 0.717) is 16.4 Å². The van der Waals surface area contributed by atoms with Gasteiger partial charge in [-0.15, -0.1) is 5.10 Å². The Labute approximate surface area is 152 Å². The van der Waals surface area contributed by atoms with Crippen LogP contribution in [0.25, 0.3) is 5.69 Å². The van der Waals surface area contributed by atoms with Gasteiger partial charge in [-0.3, -0.25) is 4.79 Å². The van der Waals surface area contributed by atoms with Crippen molar-refractivity contribution in [2.24, 2.45) is 0 Å². The van der Waals surface area contributed by atoms with Crippen molar-refractivity contribution in [3.8, 4) is 5.69 Å². The van der Waals surface area contributed by atoms with Crippen molar-refractivity contribution in [1.82, 2.24) is 9.78 Å². The van der Waals surface area contributed by atoms with Crippen molar-refractivity contribution in [3.05, 3.63) is 76.4 Å². The van der Waals surface area contributed by atoms with Gasteiger partial charge in [0.25, 0.3) is 5.91 Å². The van der Waals surface area contributed by atoms with E-state index in [1.54, 1.807) is 41.9 Å². The van der Waals surface area contributed by atoms with E-state index in [1.807, 2.05) is 0 Å². The second kappa shape index (κ2) is 6.84. The van der Waals surface area contributed by atoms with E-state index in [2.05, 4.69) is 10.4 Å². The van der Waals surface area contributed by atoms with Gasteiger partial charge in [0, 0.05) is 16.8 Å². The minimum absolute atomic E-state index is 0.152. The van der Waals surface area contributed by atoms with Crippen LogP contribution in [0.5, 0.6) is 0 Å². The number of hydrogen-bond acceptors (Lipinski definition) is 2. The van der Waals surface area contributed by atoms with E-state index in [1.165, 1.54) is 12.1 Å². The lowest BCUT2D eigenvalue weighted by atomic mass is 10.1. The van der Waals surface area contributed by atoms with E-state index in [9.17, 15) is 18.0 Å². The quantitative estimate of drug-likeness (QED) is 0.687. The van der Waals surface area contributed by atoms with Gasteiger partial charge in [-0.1, -0.05) is 23.7 Å². The molecule has 134 valence electrons. The van der Waals surface area contributed by atoms with Crippen molar-refractivity contribution in [1.29, 1.82) is 0 Å². The zero-order valence-corrected chi connectivity index (χ0v) is 14.3. The molecule has 8 heteroatoms. The van der Waals surface area contributed by atoms with Crippen LogP contribution in [0.1, 0.15) is 21.6 Å². The van der Waals surface area contributed by atoms with Gasteiger partial charge in [-0.25, -0.2) is 4.68 Å². The highest BCUT2D eigenvalue weighted by Crippen LogP contribution is 2.32. The largest absolute Gasteiger partial charge is 0.417 e. The Morgan fingerprint density at radius 1 is 1.12 bits per heavy atom. The van der Waals surface area contributed by atoms with Crippen LogP contribution in [0.3, 0.4) is 0 Å². The van der Waals surface area contributed by atoms with Crippen LogP contribution in [0.15, 0.2) is 54.6 Å². The van der Waals surface area contributed by atoms with E-state index >= 15 is 0 Å². The molecule has 1 heterocycles. The molecule has 0 radical (unpaired) electrons. The lowest BCUT2D eigenvalue weighted by Gasteiger charge is -2.11. The van der Waals surface area contributed by atoms with Gasteiger partial charge in [-0.2, -0.15) is 13.2 Å². The number of anilines is 1. The number of benzene rings is 2. The summed E-state index contributed by atoms with van der Waals surface area (Å²) in [5, 5.41) is 7.21. The smallest absolute Gasteiger partial charge is 0.305 e. The van der Waals surface area contributed by atoms with Crippen LogP contribution < -0.4 is 5.32 Å². The Hall–Kier alpha value is -2.80. The van der Waals surface area contributed by atoms with Gasteiger partial charge in [0.05, 0.1) is 16.8 Å². The molecule has 3 rings (SSSR count). The fourth-order valence-corrected chi connectivity index (χ4v) is 2.62. The molecule has 0 aliphatic rings. The first kappa shape index (κ1) is 18.0. The van der Waals surface area contributed by atoms with Crippen molar-refractivity contribution < 1.29 is 18.0 Å². The Balaban J connectivity index is 1.88. The number of carbonyl (C=O) groups is 1. The minimum Gasteiger partial charge on any atom is -0.305 e. The maximum Gasteiger partial charge on any atom is 0.417 e. The Morgan fingerprint density at radius 3 is 2.42 bits per heavy atom. The molecule has 2 aromatic carbocycles. The van der Waals surface area contributed by atoms with Crippen LogP contribution in [0, 0.1) is 6.92 Å². The normalized spacial score (nSPS) is 11.4. The third-order valence-electron chi connectivity index (χ3n) is 3.68. The van der Waals surface area contributed by atoms with Gasteiger partial charge in [-0.05, 0) is 43.3 Å². The van der Waals surface area contributed by atoms with Crippen molar-refractivity contribution in [2.45, 2.75) is 13.1 Å². The molecule has 0 unspecified atom stereocenters. The first-order valence-electron chi connectivity index (χ1n) is 7.56. The SMILES string of the molecule is Cc1cc(NC(=O)c2ccccc2C(F)(F)F)nn1-c1ccc(Cl)cc1. The Kier molecular flexibility index (Phi) is 4.73. The number of aromatic nitrogens is 2. The lowest BCUT2D eigenvalue weighted by molar-refractivity contribution is -0.137. The average Bonchev–Trinajstić information content (AvgIpc) is 2.95. The summed E-state index contributed by atoms with van der Waals surface area (Å²) in [6.45, 7) is 1.76. The summed E-state index contributed by atoms with van der Waals surface area (Å²) in [6, 6.07) is 13.0. The number of carbonyl (C=O) groups excluding carboxylic acids is 1. The van der Waals surface area contributed by atoms with E-state index in [4.69, 9.17) is 11.6 Å². The highest BCUT2D eigenvalue weighted by molar-refractivity contribution is 6.30. The van der Waals surface area contributed by atoms with Gasteiger partial charge in [0.2, 0.25) is 0 Å². The van der Waals surface area contributed by atoms with Crippen LogP contribution >= 0.6 is 11.6 Å². The molecular weight excluding hydrogens is 367 g/mol. The molecule has 0 bridgehead atoms. The van der Waals surface area contributed by atoms with E-state index in [0.717, 1.165) is 12.1 Å². The molecule has 1 aromatic heterocycles. The molecular formula is C18H13ClF3N3O. The lowest BCUT2D eigenvalue weighted by Crippen LogP contribution is -2.19. The standard InChI is InChI=1S/C18H13ClF3N3O/c1-11-10-16(24-25(11)13-8-6-12(19)7-9-13)23-17(26)14-4-2-3-5-15(14)18(20,21)22/h2-10H,1H3,(H,23,24,26). The zero-order valence-electron chi connectivity index (χ0n) is 13.5. The molecule has 0 atom stereocenters. The van der Waals surface area contributed by atoms with Gasteiger partial charge in [0.1, 0.15) is 0 Å². The van der Waals surface area contributed by atoms with E-state index in [-0.39, 0.29) is 5.82 Å². The number of nitrogens with one attached hydrogen (secondary N) is 1. The average molecular weight is 380 g/mol. The van der Waals surface area contributed by atoms with Crippen molar-refractivity contribution >= 4 is 23.3 Å². The fraction of sp³-hybridized carbons (Fsp3) is 0.111. The summed E-state index contributed by atoms with van der Waals surface area (Å²) in [6.07, 6.45) is -4.62. The zero-order chi connectivity index (χ0) is 18.9. The van der Waals surface area contributed by atoms with Crippen molar-refractivity contribution in [3.63, 3.8) is 0 Å². The maximum absolute atomic E-state index is 13.1. The summed E-state index contributed by atoms with van der Waals surface area (Å²) >= 11 is 5.85. The van der Waals surface area contributed by atoms with Gasteiger partial charge >= 0.3 is 6.18 Å². The Bertz CT molecular complexity index is 949. The number of aryl methyl sites for hydroxylation is 1. The molecule has 0 aliphatic heterocycles. The summed E-state index contributed by atoms with van der Waals surface area (Å²) in [7, 11) is 0. The molecule has 0 fully saturated rings. The highest BCUT2D eigenvalue weighted by Gasteiger charge is 2.34. The first-order chi connectivity index (χ1) is 12.3. The molecule has 26 heavy (non-hydrogen) atoms. The van der Waals surface area contributed by atoms with Gasteiger partial charge in [0.15, 0.2) is 5.82 Å². The second-order valence-corrected chi connectivity index (χ2v) is 5.99. The second-order valence-electron chi connectivity index (χ2n) is 5.56. The molecule has 1 amide bonds. The predicted molar refractivity (Wildman–Crippen MR) is 92.7 cm³/mol. The number of rotatable bonds is 3. The van der Waals surface area contributed by atoms with Crippen LogP contribution in [0.2, 0.25) is 5.02 Å². The number of hydrogen-bond donors (Lipinski definition) is 1. The summed E-state index contributed by atoms with van der Waals surface area (Å²) in [5.41, 5.74) is -0.0418. The summed E-state index contributed by atoms with van der Waals surface area (Å²) in [5.74, 6) is -0.724. The molecule has 0 spiro atoms. The molecule has 4 nitrogen and oxygen atoms in total. The topological polar surface area (TPSA) is 46.9 Å². The monoisotopic (exact) mass is 379 g/mol. The van der Waals surface area contributed by atoms with Gasteiger partial charge < -0.3 is 5.32 Å². The van der Waals surface area contributed by atoms with Crippen LogP contribution in [0.4, 0.5) is 19.0 Å². The third-order valence-corrected chi connectivity index (χ3v) is 3.93. The molecule has 3 aromatic rings. The number of halogens is 4. The third kappa shape index (κ3) is 3.72. The molecule has 0 saturated heterocycles. The van der Waals surface area contributed by atoms with Crippen LogP contribution in [-0.4, -0.2) is 15.7 Å². The first-order valence-corrected chi connectivity index (χ1v) is 7.93. The summed E-state index contributed by atoms with van der Waals surface area (Å²) < 4.78 is 40.7. The number of amides is 1. The fourth-order valence-electron chi connectivity index (χ4n) is 2.49. The van der Waals surface area contributed by atoms with Crippen LogP contribution in [-0.2, 0) is 6.18 Å². The molecule has 0 saturated carbocycles. The van der Waals surface area contributed by atoms with E-state index < -0.39 is 23.2 Å². The maximum atomic E-state index is 13.1.